The number of aliphatic hydroxyl groups is 1. The molecule has 0 aromatic carbocycles. The van der Waals surface area contributed by atoms with Gasteiger partial charge in [0, 0.05) is 13.2 Å². The molecule has 4 heteroatoms. The number of aryl methyl sites for hydroxylation is 1. The fourth-order valence-electron chi connectivity index (χ4n) is 1.19. The van der Waals surface area contributed by atoms with Crippen molar-refractivity contribution in [1.29, 1.82) is 0 Å². The Morgan fingerprint density at radius 1 is 1.47 bits per heavy atom. The van der Waals surface area contributed by atoms with Crippen LogP contribution in [0.15, 0.2) is 12.4 Å². The molecule has 0 aliphatic heterocycles. The zero-order chi connectivity index (χ0) is 11.1. The van der Waals surface area contributed by atoms with Crippen LogP contribution in [0.1, 0.15) is 26.7 Å². The summed E-state index contributed by atoms with van der Waals surface area (Å²) in [4.78, 5) is 0. The van der Waals surface area contributed by atoms with Gasteiger partial charge in [0.25, 0.3) is 0 Å². The summed E-state index contributed by atoms with van der Waals surface area (Å²) in [7, 11) is 0. The molecular weight excluding hydrogens is 192 g/mol. The zero-order valence-electron chi connectivity index (χ0n) is 9.52. The van der Waals surface area contributed by atoms with Gasteiger partial charge in [0.05, 0.1) is 19.0 Å². The van der Waals surface area contributed by atoms with E-state index in [0.717, 1.165) is 31.7 Å². The van der Waals surface area contributed by atoms with E-state index in [4.69, 9.17) is 9.84 Å². The van der Waals surface area contributed by atoms with Crippen LogP contribution < -0.4 is 4.74 Å². The van der Waals surface area contributed by atoms with Crippen LogP contribution in [-0.2, 0) is 6.54 Å². The Labute approximate surface area is 90.9 Å². The first-order valence-corrected chi connectivity index (χ1v) is 5.48. The van der Waals surface area contributed by atoms with Crippen LogP contribution in [0.3, 0.4) is 0 Å². The lowest BCUT2D eigenvalue weighted by Gasteiger charge is -2.05. The third-order valence-electron chi connectivity index (χ3n) is 1.99. The van der Waals surface area contributed by atoms with Crippen molar-refractivity contribution in [3.05, 3.63) is 12.4 Å². The molecule has 0 bridgehead atoms. The van der Waals surface area contributed by atoms with Crippen molar-refractivity contribution in [2.24, 2.45) is 5.92 Å². The molecule has 1 heterocycles. The van der Waals surface area contributed by atoms with Crippen LogP contribution in [0.25, 0.3) is 0 Å². The summed E-state index contributed by atoms with van der Waals surface area (Å²) >= 11 is 0. The van der Waals surface area contributed by atoms with E-state index < -0.39 is 0 Å². The lowest BCUT2D eigenvalue weighted by Crippen LogP contribution is -2.04. The maximum atomic E-state index is 8.64. The minimum Gasteiger partial charge on any atom is -0.490 e. The monoisotopic (exact) mass is 212 g/mol. The van der Waals surface area contributed by atoms with Crippen LogP contribution in [0.5, 0.6) is 5.75 Å². The Morgan fingerprint density at radius 2 is 2.27 bits per heavy atom. The average Bonchev–Trinajstić information content (AvgIpc) is 2.63. The van der Waals surface area contributed by atoms with Crippen LogP contribution in [0, 0.1) is 5.92 Å². The highest BCUT2D eigenvalue weighted by molar-refractivity contribution is 5.11. The van der Waals surface area contributed by atoms with Gasteiger partial charge in [-0.3, -0.25) is 4.68 Å². The predicted molar refractivity (Wildman–Crippen MR) is 58.9 cm³/mol. The van der Waals surface area contributed by atoms with Crippen molar-refractivity contribution in [2.75, 3.05) is 13.2 Å². The average molecular weight is 212 g/mol. The molecule has 0 atom stereocenters. The normalized spacial score (nSPS) is 10.9. The SMILES string of the molecule is CC(C)COc1cnn(CCCCO)c1. The van der Waals surface area contributed by atoms with Crippen molar-refractivity contribution in [2.45, 2.75) is 33.2 Å². The van der Waals surface area contributed by atoms with Gasteiger partial charge < -0.3 is 9.84 Å². The molecule has 0 fully saturated rings. The second kappa shape index (κ2) is 6.45. The molecule has 1 aromatic heterocycles. The molecule has 0 aliphatic carbocycles. The van der Waals surface area contributed by atoms with Gasteiger partial charge in [-0.2, -0.15) is 5.10 Å². The topological polar surface area (TPSA) is 47.3 Å². The van der Waals surface area contributed by atoms with E-state index in [0.29, 0.717) is 5.92 Å². The summed E-state index contributed by atoms with van der Waals surface area (Å²) in [6.07, 6.45) is 5.41. The molecule has 0 unspecified atom stereocenters. The van der Waals surface area contributed by atoms with Gasteiger partial charge in [-0.05, 0) is 18.8 Å². The summed E-state index contributed by atoms with van der Waals surface area (Å²) < 4.78 is 7.37. The first-order valence-electron chi connectivity index (χ1n) is 5.48. The van der Waals surface area contributed by atoms with Crippen LogP contribution >= 0.6 is 0 Å². The third-order valence-corrected chi connectivity index (χ3v) is 1.99. The number of ether oxygens (including phenoxy) is 1. The van der Waals surface area contributed by atoms with Gasteiger partial charge >= 0.3 is 0 Å². The molecule has 86 valence electrons. The van der Waals surface area contributed by atoms with E-state index in [-0.39, 0.29) is 6.61 Å². The van der Waals surface area contributed by atoms with Crippen molar-refractivity contribution >= 4 is 0 Å². The summed E-state index contributed by atoms with van der Waals surface area (Å²) in [6, 6.07) is 0. The number of aromatic nitrogens is 2. The van der Waals surface area contributed by atoms with Crippen molar-refractivity contribution < 1.29 is 9.84 Å². The van der Waals surface area contributed by atoms with Gasteiger partial charge in [0.15, 0.2) is 5.75 Å². The Kier molecular flexibility index (Phi) is 5.18. The van der Waals surface area contributed by atoms with E-state index in [9.17, 15) is 0 Å². The maximum absolute atomic E-state index is 8.64. The van der Waals surface area contributed by atoms with Gasteiger partial charge in [0.2, 0.25) is 0 Å². The molecule has 0 amide bonds. The second-order valence-corrected chi connectivity index (χ2v) is 4.07. The minimum atomic E-state index is 0.248. The Bertz CT molecular complexity index is 271. The number of rotatable bonds is 7. The Balaban J connectivity index is 2.29. The van der Waals surface area contributed by atoms with Crippen LogP contribution in [0.2, 0.25) is 0 Å². The largest absolute Gasteiger partial charge is 0.490 e. The summed E-state index contributed by atoms with van der Waals surface area (Å²) in [5.41, 5.74) is 0. The van der Waals surface area contributed by atoms with Gasteiger partial charge in [-0.1, -0.05) is 13.8 Å². The predicted octanol–water partition coefficient (Wildman–Crippen LogP) is 1.69. The van der Waals surface area contributed by atoms with Crippen molar-refractivity contribution in [1.82, 2.24) is 9.78 Å². The van der Waals surface area contributed by atoms with E-state index >= 15 is 0 Å². The zero-order valence-corrected chi connectivity index (χ0v) is 9.52. The molecule has 1 rings (SSSR count). The van der Waals surface area contributed by atoms with Crippen LogP contribution in [-0.4, -0.2) is 28.1 Å². The van der Waals surface area contributed by atoms with E-state index in [2.05, 4.69) is 18.9 Å². The summed E-state index contributed by atoms with van der Waals surface area (Å²) in [6.45, 7) is 6.04. The fraction of sp³-hybridized carbons (Fsp3) is 0.727. The fourth-order valence-corrected chi connectivity index (χ4v) is 1.19. The molecule has 0 aliphatic rings. The molecule has 1 N–H and O–H groups in total. The van der Waals surface area contributed by atoms with Crippen LogP contribution in [0.4, 0.5) is 0 Å². The third kappa shape index (κ3) is 4.83. The molecule has 1 aromatic rings. The Hall–Kier alpha value is -1.03. The second-order valence-electron chi connectivity index (χ2n) is 4.07. The molecule has 0 saturated carbocycles. The number of hydrogen-bond acceptors (Lipinski definition) is 3. The standard InChI is InChI=1S/C11H20N2O2/c1-10(2)9-15-11-7-12-13(8-11)5-3-4-6-14/h7-8,10,14H,3-6,9H2,1-2H3. The summed E-state index contributed by atoms with van der Waals surface area (Å²) in [5.74, 6) is 1.36. The molecule has 0 saturated heterocycles. The van der Waals surface area contributed by atoms with E-state index in [1.165, 1.54) is 0 Å². The quantitative estimate of drug-likeness (QED) is 0.700. The lowest BCUT2D eigenvalue weighted by atomic mass is 10.2. The van der Waals surface area contributed by atoms with E-state index in [1.807, 2.05) is 10.9 Å². The molecule has 0 spiro atoms. The number of hydrogen-bond donors (Lipinski definition) is 1. The van der Waals surface area contributed by atoms with Gasteiger partial charge in [-0.15, -0.1) is 0 Å². The number of aliphatic hydroxyl groups excluding tert-OH is 1. The molecule has 0 radical (unpaired) electrons. The highest BCUT2D eigenvalue weighted by atomic mass is 16.5. The highest BCUT2D eigenvalue weighted by Crippen LogP contribution is 2.10. The lowest BCUT2D eigenvalue weighted by molar-refractivity contribution is 0.270. The molecule has 15 heavy (non-hydrogen) atoms. The van der Waals surface area contributed by atoms with E-state index in [1.54, 1.807) is 6.20 Å². The first-order chi connectivity index (χ1) is 7.22. The maximum Gasteiger partial charge on any atom is 0.157 e. The van der Waals surface area contributed by atoms with Gasteiger partial charge in [-0.25, -0.2) is 0 Å². The number of unbranched alkanes of at least 4 members (excludes halogenated alkanes) is 1. The van der Waals surface area contributed by atoms with Gasteiger partial charge in [0.1, 0.15) is 0 Å². The first kappa shape index (κ1) is 12.0. The minimum absolute atomic E-state index is 0.248. The molecule has 4 nitrogen and oxygen atoms in total. The molecular formula is C11H20N2O2. The Morgan fingerprint density at radius 3 is 2.93 bits per heavy atom. The number of nitrogens with zero attached hydrogens (tertiary/aromatic N) is 2. The highest BCUT2D eigenvalue weighted by Gasteiger charge is 2.00. The van der Waals surface area contributed by atoms with Crippen molar-refractivity contribution in [3.63, 3.8) is 0 Å². The van der Waals surface area contributed by atoms with Crippen molar-refractivity contribution in [3.8, 4) is 5.75 Å². The smallest absolute Gasteiger partial charge is 0.157 e. The summed E-state index contributed by atoms with van der Waals surface area (Å²) in [5, 5.41) is 12.8.